The molecule has 4 nitrogen and oxygen atoms in total. The van der Waals surface area contributed by atoms with Crippen LogP contribution in [0.15, 0.2) is 130 Å². The normalized spacial score (nSPS) is 14.1. The molecule has 3 aliphatic rings. The number of hydrogen-bond donors (Lipinski definition) is 0. The molecule has 0 spiro atoms. The van der Waals surface area contributed by atoms with Crippen LogP contribution in [-0.4, -0.2) is 6.85 Å². The first-order valence-electron chi connectivity index (χ1n) is 19.4. The smallest absolute Gasteiger partial charge is 0.330 e. The van der Waals surface area contributed by atoms with Gasteiger partial charge in [0.05, 0.1) is 11.4 Å². The van der Waals surface area contributed by atoms with E-state index >= 15 is 0 Å². The third kappa shape index (κ3) is 4.24. The first kappa shape index (κ1) is 31.2. The van der Waals surface area contributed by atoms with E-state index in [1.807, 2.05) is 18.2 Å². The molecule has 55 heavy (non-hydrogen) atoms. The Labute approximate surface area is 320 Å². The molecule has 0 N–H and O–H groups in total. The minimum absolute atomic E-state index is 0.0204. The van der Waals surface area contributed by atoms with Gasteiger partial charge in [-0.25, -0.2) is 0 Å². The Bertz CT molecular complexity index is 3170. The summed E-state index contributed by atoms with van der Waals surface area (Å²) < 4.78 is 20.0. The van der Waals surface area contributed by atoms with Crippen LogP contribution >= 0.6 is 0 Å². The largest absolute Gasteiger partial charge is 0.456 e. The summed E-state index contributed by atoms with van der Waals surface area (Å²) in [6.07, 6.45) is 0. The molecule has 0 aliphatic carbocycles. The highest BCUT2D eigenvalue weighted by molar-refractivity contribution is 6.95. The first-order valence-corrected chi connectivity index (χ1v) is 19.4. The van der Waals surface area contributed by atoms with Crippen molar-refractivity contribution in [3.8, 4) is 44.9 Å². The van der Waals surface area contributed by atoms with Gasteiger partial charge in [-0.1, -0.05) is 90.1 Å². The van der Waals surface area contributed by atoms with Gasteiger partial charge in [-0.15, -0.1) is 0 Å². The molecule has 12 rings (SSSR count). The molecular formula is C50H38BNO3. The number of hydrogen-bond acceptors (Lipinski definition) is 4. The standard InChI is InChI=1S/C50H38BNO3/c1-49(2,3)29-16-18-40-45(23-29)55-46-24-30(50(4,5)6)22-38-37-20-28(27-15-17-33-31-11-7-9-13-41(31)53-43(33)21-27)19-36-34-25-35-32-12-8-10-14-42(32)54-44(35)26-39(34)51(47(36)37)52(40)48(38)46/h7-26H,1-6H3. The summed E-state index contributed by atoms with van der Waals surface area (Å²) in [5, 5.41) is 4.55. The van der Waals surface area contributed by atoms with E-state index < -0.39 is 0 Å². The number of para-hydroxylation sites is 2. The van der Waals surface area contributed by atoms with Crippen LogP contribution in [0.1, 0.15) is 52.7 Å². The van der Waals surface area contributed by atoms with Gasteiger partial charge in [0, 0.05) is 27.1 Å². The van der Waals surface area contributed by atoms with Gasteiger partial charge in [0.25, 0.3) is 0 Å². The van der Waals surface area contributed by atoms with Crippen molar-refractivity contribution in [3.63, 3.8) is 0 Å². The van der Waals surface area contributed by atoms with Gasteiger partial charge in [0.15, 0.2) is 5.75 Å². The second-order valence-corrected chi connectivity index (χ2v) is 17.8. The average Bonchev–Trinajstić information content (AvgIpc) is 3.83. The Morgan fingerprint density at radius 2 is 1.11 bits per heavy atom. The van der Waals surface area contributed by atoms with E-state index in [0.717, 1.165) is 77.9 Å². The van der Waals surface area contributed by atoms with Gasteiger partial charge in [-0.3, -0.25) is 0 Å². The SMILES string of the molecule is CC(C)(C)c1ccc2c(c1)Oc1cc(C(C)(C)C)cc3c1N2B1c2cc4oc5ccccc5c4cc2-c2cc(-c4ccc5c(c4)oc4ccccc45)cc-3c21. The molecule has 0 saturated carbocycles. The molecule has 3 aliphatic heterocycles. The molecule has 0 bridgehead atoms. The van der Waals surface area contributed by atoms with Crippen molar-refractivity contribution in [2.45, 2.75) is 52.4 Å². The number of furan rings is 2. The maximum atomic E-state index is 7.04. The van der Waals surface area contributed by atoms with Gasteiger partial charge in [0.1, 0.15) is 28.1 Å². The Morgan fingerprint density at radius 1 is 0.473 bits per heavy atom. The zero-order valence-corrected chi connectivity index (χ0v) is 31.8. The molecule has 2 aromatic heterocycles. The van der Waals surface area contributed by atoms with E-state index in [2.05, 4.69) is 149 Å². The third-order valence-corrected chi connectivity index (χ3v) is 12.3. The van der Waals surface area contributed by atoms with Crippen LogP contribution in [0.25, 0.3) is 77.3 Å². The zero-order chi connectivity index (χ0) is 37.1. The number of rotatable bonds is 1. The maximum absolute atomic E-state index is 7.04. The van der Waals surface area contributed by atoms with Crippen LogP contribution in [0, 0.1) is 0 Å². The summed E-state index contributed by atoms with van der Waals surface area (Å²) >= 11 is 0. The number of benzene rings is 7. The molecule has 0 saturated heterocycles. The fraction of sp³-hybridized carbons (Fsp3) is 0.160. The molecule has 0 radical (unpaired) electrons. The third-order valence-electron chi connectivity index (χ3n) is 12.3. The highest BCUT2D eigenvalue weighted by Crippen LogP contribution is 2.57. The average molecular weight is 712 g/mol. The molecule has 5 heterocycles. The summed E-state index contributed by atoms with van der Waals surface area (Å²) in [6, 6.07) is 44.4. The quantitative estimate of drug-likeness (QED) is 0.159. The molecule has 0 fully saturated rings. The van der Waals surface area contributed by atoms with E-state index in [1.165, 1.54) is 44.3 Å². The van der Waals surface area contributed by atoms with Gasteiger partial charge in [-0.2, -0.15) is 0 Å². The van der Waals surface area contributed by atoms with Crippen molar-refractivity contribution in [1.29, 1.82) is 0 Å². The summed E-state index contributed by atoms with van der Waals surface area (Å²) in [7, 11) is 0. The summed E-state index contributed by atoms with van der Waals surface area (Å²) in [5.74, 6) is 1.80. The number of fused-ring (bicyclic) bond motifs is 13. The Kier molecular flexibility index (Phi) is 5.84. The second kappa shape index (κ2) is 10.3. The van der Waals surface area contributed by atoms with Gasteiger partial charge < -0.3 is 18.4 Å². The topological polar surface area (TPSA) is 38.8 Å². The Balaban J connectivity index is 1.18. The lowest BCUT2D eigenvalue weighted by molar-refractivity contribution is 0.470. The Morgan fingerprint density at radius 3 is 1.84 bits per heavy atom. The van der Waals surface area contributed by atoms with Crippen molar-refractivity contribution in [2.24, 2.45) is 0 Å². The van der Waals surface area contributed by atoms with Crippen LogP contribution in [0.4, 0.5) is 11.4 Å². The number of anilines is 2. The molecule has 0 unspecified atom stereocenters. The molecule has 0 atom stereocenters. The van der Waals surface area contributed by atoms with Crippen LogP contribution in [-0.2, 0) is 10.8 Å². The zero-order valence-electron chi connectivity index (χ0n) is 31.8. The van der Waals surface area contributed by atoms with Crippen molar-refractivity contribution in [2.75, 3.05) is 4.81 Å². The highest BCUT2D eigenvalue weighted by atomic mass is 16.5. The first-order chi connectivity index (χ1) is 26.5. The molecule has 9 aromatic rings. The fourth-order valence-electron chi connectivity index (χ4n) is 9.48. The van der Waals surface area contributed by atoms with Gasteiger partial charge >= 0.3 is 6.85 Å². The predicted molar refractivity (Wildman–Crippen MR) is 228 cm³/mol. The van der Waals surface area contributed by atoms with Crippen molar-refractivity contribution in [3.05, 3.63) is 132 Å². The van der Waals surface area contributed by atoms with Crippen molar-refractivity contribution >= 4 is 73.0 Å². The van der Waals surface area contributed by atoms with E-state index in [9.17, 15) is 0 Å². The summed E-state index contributed by atoms with van der Waals surface area (Å²) in [4.78, 5) is 2.56. The van der Waals surface area contributed by atoms with E-state index in [-0.39, 0.29) is 17.7 Å². The minimum Gasteiger partial charge on any atom is -0.456 e. The van der Waals surface area contributed by atoms with Crippen LogP contribution < -0.4 is 20.5 Å². The lowest BCUT2D eigenvalue weighted by Gasteiger charge is -2.43. The molecule has 264 valence electrons. The maximum Gasteiger partial charge on any atom is 0.330 e. The molecule has 0 amide bonds. The monoisotopic (exact) mass is 711 g/mol. The second-order valence-electron chi connectivity index (χ2n) is 17.8. The minimum atomic E-state index is -0.0916. The van der Waals surface area contributed by atoms with E-state index in [0.29, 0.717) is 0 Å². The van der Waals surface area contributed by atoms with Gasteiger partial charge in [-0.05, 0) is 133 Å². The lowest BCUT2D eigenvalue weighted by Crippen LogP contribution is -2.55. The predicted octanol–water partition coefficient (Wildman–Crippen LogP) is 12.8. The summed E-state index contributed by atoms with van der Waals surface area (Å²) in [5.41, 5.74) is 18.1. The summed E-state index contributed by atoms with van der Waals surface area (Å²) in [6.45, 7) is 13.6. The molecular weight excluding hydrogens is 673 g/mol. The number of ether oxygens (including phenoxy) is 1. The highest BCUT2D eigenvalue weighted by Gasteiger charge is 2.48. The Hall–Kier alpha value is -6.20. The molecule has 5 heteroatoms. The number of nitrogens with zero attached hydrogens (tertiary/aromatic N) is 1. The van der Waals surface area contributed by atoms with E-state index in [1.54, 1.807) is 0 Å². The van der Waals surface area contributed by atoms with Crippen LogP contribution in [0.5, 0.6) is 11.5 Å². The van der Waals surface area contributed by atoms with E-state index in [4.69, 9.17) is 13.6 Å². The lowest BCUT2D eigenvalue weighted by atomic mass is 9.48. The van der Waals surface area contributed by atoms with Crippen LogP contribution in [0.2, 0.25) is 0 Å². The van der Waals surface area contributed by atoms with Crippen molar-refractivity contribution < 1.29 is 13.6 Å². The molecule has 7 aromatic carbocycles. The van der Waals surface area contributed by atoms with Crippen LogP contribution in [0.3, 0.4) is 0 Å². The van der Waals surface area contributed by atoms with Gasteiger partial charge in [0.2, 0.25) is 0 Å². The fourth-order valence-corrected chi connectivity index (χ4v) is 9.48. The van der Waals surface area contributed by atoms with Crippen molar-refractivity contribution in [1.82, 2.24) is 0 Å².